The predicted octanol–water partition coefficient (Wildman–Crippen LogP) is 0.395. The number of benzene rings is 1. The summed E-state index contributed by atoms with van der Waals surface area (Å²) in [5.74, 6) is -0.223. The summed E-state index contributed by atoms with van der Waals surface area (Å²) < 4.78 is 27.7. The summed E-state index contributed by atoms with van der Waals surface area (Å²) >= 11 is 0. The first-order chi connectivity index (χ1) is 12.8. The second-order valence-corrected chi connectivity index (χ2v) is 9.09. The smallest absolute Gasteiger partial charge is 0.253 e. The number of hydrogen-bond acceptors (Lipinski definition) is 5. The molecule has 1 aromatic carbocycles. The Hall–Kier alpha value is -1.68. The van der Waals surface area contributed by atoms with Crippen LogP contribution in [-0.4, -0.2) is 87.2 Å². The number of hydrogen-bond donors (Lipinski definition) is 1. The zero-order chi connectivity index (χ0) is 19.6. The molecule has 1 atom stereocenters. The molecule has 0 spiro atoms. The maximum atomic E-state index is 13.1. The lowest BCUT2D eigenvalue weighted by atomic mass is 10.1. The Morgan fingerprint density at radius 3 is 2.68 bits per heavy atom. The van der Waals surface area contributed by atoms with Gasteiger partial charge in [-0.25, -0.2) is 8.42 Å². The molecule has 2 aliphatic heterocycles. The molecule has 1 N–H and O–H groups in total. The molecule has 2 heterocycles. The molecule has 3 rings (SSSR count). The largest absolute Gasteiger partial charge is 0.345 e. The summed E-state index contributed by atoms with van der Waals surface area (Å²) in [6, 6.07) is 6.04. The SMILES string of the molecule is CN(C)C(=O)c1cccc(S(=O)(=O)N2CCCC(N3CCNCC3=O)C2)c1.Cl. The maximum Gasteiger partial charge on any atom is 0.253 e. The average molecular weight is 431 g/mol. The van der Waals surface area contributed by atoms with Crippen molar-refractivity contribution in [1.29, 1.82) is 0 Å². The number of nitrogens with zero attached hydrogens (tertiary/aromatic N) is 3. The summed E-state index contributed by atoms with van der Waals surface area (Å²) in [5.41, 5.74) is 0.340. The molecule has 0 bridgehead atoms. The quantitative estimate of drug-likeness (QED) is 0.746. The van der Waals surface area contributed by atoms with E-state index in [2.05, 4.69) is 5.32 Å². The van der Waals surface area contributed by atoms with Gasteiger partial charge < -0.3 is 15.1 Å². The summed E-state index contributed by atoms with van der Waals surface area (Å²) in [6.45, 7) is 2.34. The highest BCUT2D eigenvalue weighted by molar-refractivity contribution is 7.89. The fourth-order valence-electron chi connectivity index (χ4n) is 3.60. The Morgan fingerprint density at radius 1 is 1.25 bits per heavy atom. The van der Waals surface area contributed by atoms with E-state index >= 15 is 0 Å². The first-order valence-electron chi connectivity index (χ1n) is 9.13. The van der Waals surface area contributed by atoms with Crippen LogP contribution in [-0.2, 0) is 14.8 Å². The molecule has 10 heteroatoms. The first-order valence-corrected chi connectivity index (χ1v) is 10.6. The van der Waals surface area contributed by atoms with Crippen LogP contribution in [0.4, 0.5) is 0 Å². The molecule has 1 unspecified atom stereocenters. The highest BCUT2D eigenvalue weighted by atomic mass is 35.5. The topological polar surface area (TPSA) is 90.0 Å². The Kier molecular flexibility index (Phi) is 7.44. The van der Waals surface area contributed by atoms with Crippen molar-refractivity contribution < 1.29 is 18.0 Å². The molecular weight excluding hydrogens is 404 g/mol. The van der Waals surface area contributed by atoms with Crippen molar-refractivity contribution in [2.75, 3.05) is 46.8 Å². The lowest BCUT2D eigenvalue weighted by molar-refractivity contribution is -0.135. The fourth-order valence-corrected chi connectivity index (χ4v) is 5.16. The number of amides is 2. The fraction of sp³-hybridized carbons (Fsp3) is 0.556. The van der Waals surface area contributed by atoms with E-state index in [4.69, 9.17) is 0 Å². The molecule has 2 saturated heterocycles. The molecule has 1 aromatic rings. The molecule has 28 heavy (non-hydrogen) atoms. The second-order valence-electron chi connectivity index (χ2n) is 7.15. The van der Waals surface area contributed by atoms with Gasteiger partial charge >= 0.3 is 0 Å². The van der Waals surface area contributed by atoms with E-state index in [-0.39, 0.29) is 35.2 Å². The molecule has 8 nitrogen and oxygen atoms in total. The van der Waals surface area contributed by atoms with Gasteiger partial charge in [0, 0.05) is 51.9 Å². The summed E-state index contributed by atoms with van der Waals surface area (Å²) in [7, 11) is -0.467. The monoisotopic (exact) mass is 430 g/mol. The lowest BCUT2D eigenvalue weighted by Crippen LogP contribution is -2.57. The van der Waals surface area contributed by atoms with Crippen LogP contribution >= 0.6 is 12.4 Å². The van der Waals surface area contributed by atoms with Crippen LogP contribution in [0.15, 0.2) is 29.2 Å². The third kappa shape index (κ3) is 4.65. The molecule has 2 amide bonds. The average Bonchev–Trinajstić information content (AvgIpc) is 2.68. The van der Waals surface area contributed by atoms with Crippen LogP contribution in [0.5, 0.6) is 0 Å². The van der Waals surface area contributed by atoms with Crippen molar-refractivity contribution in [3.05, 3.63) is 29.8 Å². The van der Waals surface area contributed by atoms with Crippen molar-refractivity contribution in [3.8, 4) is 0 Å². The normalized spacial score (nSPS) is 21.1. The van der Waals surface area contributed by atoms with Crippen LogP contribution in [0.1, 0.15) is 23.2 Å². The van der Waals surface area contributed by atoms with Gasteiger partial charge in [-0.2, -0.15) is 4.31 Å². The summed E-state index contributed by atoms with van der Waals surface area (Å²) in [4.78, 5) is 27.6. The molecule has 0 radical (unpaired) electrons. The zero-order valence-electron chi connectivity index (χ0n) is 16.1. The van der Waals surface area contributed by atoms with Gasteiger partial charge in [-0.05, 0) is 31.0 Å². The lowest BCUT2D eigenvalue weighted by Gasteiger charge is -2.40. The van der Waals surface area contributed by atoms with Gasteiger partial charge in [-0.15, -0.1) is 12.4 Å². The van der Waals surface area contributed by atoms with E-state index in [1.165, 1.54) is 21.3 Å². The van der Waals surface area contributed by atoms with Gasteiger partial charge in [0.15, 0.2) is 0 Å². The predicted molar refractivity (Wildman–Crippen MR) is 108 cm³/mol. The number of piperazine rings is 1. The Balaban J connectivity index is 0.00000280. The number of carbonyl (C=O) groups excluding carboxylic acids is 2. The van der Waals surface area contributed by atoms with Crippen molar-refractivity contribution in [2.45, 2.75) is 23.8 Å². The number of carbonyl (C=O) groups is 2. The van der Waals surface area contributed by atoms with E-state index in [0.29, 0.717) is 38.2 Å². The number of halogens is 1. The number of piperidine rings is 1. The third-order valence-electron chi connectivity index (χ3n) is 5.05. The summed E-state index contributed by atoms with van der Waals surface area (Å²) in [5, 5.41) is 3.04. The number of rotatable bonds is 4. The van der Waals surface area contributed by atoms with E-state index in [1.54, 1.807) is 31.1 Å². The number of sulfonamides is 1. The molecule has 0 aliphatic carbocycles. The van der Waals surface area contributed by atoms with Gasteiger partial charge in [0.1, 0.15) is 0 Å². The van der Waals surface area contributed by atoms with Crippen LogP contribution in [0.3, 0.4) is 0 Å². The van der Waals surface area contributed by atoms with Crippen LogP contribution in [0.2, 0.25) is 0 Å². The van der Waals surface area contributed by atoms with Gasteiger partial charge in [0.25, 0.3) is 5.91 Å². The Morgan fingerprint density at radius 2 is 2.00 bits per heavy atom. The van der Waals surface area contributed by atoms with Crippen LogP contribution in [0.25, 0.3) is 0 Å². The molecule has 0 aromatic heterocycles. The van der Waals surface area contributed by atoms with Gasteiger partial charge in [-0.1, -0.05) is 6.07 Å². The second kappa shape index (κ2) is 9.21. The van der Waals surface area contributed by atoms with Crippen LogP contribution < -0.4 is 5.32 Å². The van der Waals surface area contributed by atoms with Gasteiger partial charge in [0.05, 0.1) is 11.4 Å². The molecule has 2 fully saturated rings. The summed E-state index contributed by atoms with van der Waals surface area (Å²) in [6.07, 6.45) is 1.51. The molecular formula is C18H27ClN4O4S. The Bertz CT molecular complexity index is 831. The minimum Gasteiger partial charge on any atom is -0.345 e. The van der Waals surface area contributed by atoms with Crippen LogP contribution in [0, 0.1) is 0 Å². The number of nitrogens with one attached hydrogen (secondary N) is 1. The van der Waals surface area contributed by atoms with Crippen molar-refractivity contribution in [1.82, 2.24) is 19.4 Å². The van der Waals surface area contributed by atoms with Gasteiger partial charge in [-0.3, -0.25) is 9.59 Å². The van der Waals surface area contributed by atoms with Gasteiger partial charge in [0.2, 0.25) is 15.9 Å². The Labute approximate surface area is 172 Å². The van der Waals surface area contributed by atoms with Crippen molar-refractivity contribution in [3.63, 3.8) is 0 Å². The molecule has 156 valence electrons. The molecule has 0 saturated carbocycles. The minimum atomic E-state index is -3.72. The highest BCUT2D eigenvalue weighted by Crippen LogP contribution is 2.24. The van der Waals surface area contributed by atoms with E-state index < -0.39 is 10.0 Å². The standard InChI is InChI=1S/C18H26N4O4S.ClH/c1-20(2)18(24)14-5-3-7-16(11-14)27(25,26)21-9-4-6-15(13-21)22-10-8-19-12-17(22)23;/h3,5,7,11,15,19H,4,6,8-10,12-13H2,1-2H3;1H. The van der Waals surface area contributed by atoms with E-state index in [0.717, 1.165) is 13.0 Å². The van der Waals surface area contributed by atoms with E-state index in [1.807, 2.05) is 0 Å². The third-order valence-corrected chi connectivity index (χ3v) is 6.91. The first kappa shape index (κ1) is 22.6. The highest BCUT2D eigenvalue weighted by Gasteiger charge is 2.35. The van der Waals surface area contributed by atoms with Crippen molar-refractivity contribution in [2.24, 2.45) is 0 Å². The minimum absolute atomic E-state index is 0. The maximum absolute atomic E-state index is 13.1. The zero-order valence-corrected chi connectivity index (χ0v) is 17.8. The van der Waals surface area contributed by atoms with Crippen molar-refractivity contribution >= 4 is 34.2 Å². The van der Waals surface area contributed by atoms with E-state index in [9.17, 15) is 18.0 Å². The molecule has 2 aliphatic rings.